The topological polar surface area (TPSA) is 83.5 Å². The summed E-state index contributed by atoms with van der Waals surface area (Å²) < 4.78 is 62.5. The maximum atomic E-state index is 12.8. The highest BCUT2D eigenvalue weighted by Gasteiger charge is 2.30. The molecule has 1 amide bonds. The number of amides is 1. The minimum atomic E-state index is -4.28. The molecule has 0 radical (unpaired) electrons. The van der Waals surface area contributed by atoms with Gasteiger partial charge in [0, 0.05) is 31.1 Å². The Bertz CT molecular complexity index is 1320. The van der Waals surface area contributed by atoms with E-state index in [1.807, 2.05) is 11.8 Å². The van der Waals surface area contributed by atoms with Gasteiger partial charge in [0.1, 0.15) is 17.0 Å². The Kier molecular flexibility index (Phi) is 7.84. The Balaban J connectivity index is 1.35. The third-order valence-corrected chi connectivity index (χ3v) is 8.79. The minimum absolute atomic E-state index is 0.00480. The number of nitrogens with zero attached hydrogens (tertiary/aromatic N) is 4. The van der Waals surface area contributed by atoms with Crippen molar-refractivity contribution in [3.8, 4) is 0 Å². The van der Waals surface area contributed by atoms with E-state index in [0.717, 1.165) is 16.9 Å². The van der Waals surface area contributed by atoms with Crippen LogP contribution in [0.5, 0.6) is 0 Å². The molecule has 0 unspecified atom stereocenters. The van der Waals surface area contributed by atoms with E-state index in [4.69, 9.17) is 0 Å². The number of carbonyl (C=O) groups excluding carboxylic acids is 1. The average Bonchev–Trinajstić information content (AvgIpc) is 3.21. The van der Waals surface area contributed by atoms with Crippen LogP contribution in [0.1, 0.15) is 29.3 Å². The molecule has 12 heteroatoms. The molecule has 3 aromatic rings. The molecular formula is C24H27F3N4O3S2. The molecule has 0 spiro atoms. The van der Waals surface area contributed by atoms with Gasteiger partial charge >= 0.3 is 6.18 Å². The van der Waals surface area contributed by atoms with Gasteiger partial charge < -0.3 is 9.80 Å². The number of aromatic nitrogens is 2. The molecule has 0 aliphatic carbocycles. The van der Waals surface area contributed by atoms with Crippen molar-refractivity contribution in [2.45, 2.75) is 38.1 Å². The molecule has 7 nitrogen and oxygen atoms in total. The summed E-state index contributed by atoms with van der Waals surface area (Å²) in [6.07, 6.45) is -3.12. The molecule has 3 heterocycles. The van der Waals surface area contributed by atoms with Crippen LogP contribution in [0.2, 0.25) is 0 Å². The van der Waals surface area contributed by atoms with E-state index in [1.54, 1.807) is 29.2 Å². The molecule has 1 fully saturated rings. The third kappa shape index (κ3) is 6.73. The number of benzene rings is 1. The average molecular weight is 541 g/mol. The summed E-state index contributed by atoms with van der Waals surface area (Å²) in [4.78, 5) is 25.7. The summed E-state index contributed by atoms with van der Waals surface area (Å²) in [5.74, 6) is 0.706. The second kappa shape index (κ2) is 10.7. The van der Waals surface area contributed by atoms with Crippen molar-refractivity contribution in [3.05, 3.63) is 52.7 Å². The SMILES string of the molecule is CCCS(=O)(=O)Cc1ccc(CC(=O)N2CCN(c3ncnc4sc(CC(F)(F)F)cc34)CC2)cc1. The molecular weight excluding hydrogens is 513 g/mol. The first-order chi connectivity index (χ1) is 17.0. The zero-order valence-corrected chi connectivity index (χ0v) is 21.4. The van der Waals surface area contributed by atoms with Crippen LogP contribution in [0.4, 0.5) is 19.0 Å². The molecule has 1 saturated heterocycles. The lowest BCUT2D eigenvalue weighted by atomic mass is 10.1. The number of piperazine rings is 1. The van der Waals surface area contributed by atoms with Crippen molar-refractivity contribution < 1.29 is 26.4 Å². The first-order valence-corrected chi connectivity index (χ1v) is 14.3. The minimum Gasteiger partial charge on any atom is -0.352 e. The largest absolute Gasteiger partial charge is 0.393 e. The van der Waals surface area contributed by atoms with Crippen molar-refractivity contribution in [2.24, 2.45) is 0 Å². The number of alkyl halides is 3. The van der Waals surface area contributed by atoms with Crippen molar-refractivity contribution in [1.82, 2.24) is 14.9 Å². The Labute approximate surface area is 211 Å². The summed E-state index contributed by atoms with van der Waals surface area (Å²) in [6.45, 7) is 3.79. The number of sulfone groups is 1. The van der Waals surface area contributed by atoms with Gasteiger partial charge in [-0.05, 0) is 23.6 Å². The first-order valence-electron chi connectivity index (χ1n) is 11.6. The summed E-state index contributed by atoms with van der Waals surface area (Å²) in [5.41, 5.74) is 1.52. The molecule has 36 heavy (non-hydrogen) atoms. The molecule has 194 valence electrons. The van der Waals surface area contributed by atoms with Gasteiger partial charge in [0.2, 0.25) is 5.91 Å². The number of carbonyl (C=O) groups is 1. The number of hydrogen-bond acceptors (Lipinski definition) is 7. The van der Waals surface area contributed by atoms with Gasteiger partial charge in [-0.3, -0.25) is 4.79 Å². The fourth-order valence-electron chi connectivity index (χ4n) is 4.27. The molecule has 0 saturated carbocycles. The zero-order chi connectivity index (χ0) is 25.9. The first kappa shape index (κ1) is 26.3. The van der Waals surface area contributed by atoms with E-state index in [0.29, 0.717) is 54.2 Å². The summed E-state index contributed by atoms with van der Waals surface area (Å²) in [5, 5.41) is 0.600. The molecule has 1 aliphatic heterocycles. The van der Waals surface area contributed by atoms with E-state index < -0.39 is 22.4 Å². The highest BCUT2D eigenvalue weighted by Crippen LogP contribution is 2.34. The van der Waals surface area contributed by atoms with E-state index in [2.05, 4.69) is 9.97 Å². The third-order valence-electron chi connectivity index (χ3n) is 5.95. The fourth-order valence-corrected chi connectivity index (χ4v) is 6.76. The summed E-state index contributed by atoms with van der Waals surface area (Å²) in [7, 11) is -3.12. The predicted molar refractivity (Wildman–Crippen MR) is 134 cm³/mol. The smallest absolute Gasteiger partial charge is 0.352 e. The van der Waals surface area contributed by atoms with Gasteiger partial charge in [-0.1, -0.05) is 31.2 Å². The van der Waals surface area contributed by atoms with Gasteiger partial charge in [0.15, 0.2) is 9.84 Å². The molecule has 1 aliphatic rings. The molecule has 0 atom stereocenters. The van der Waals surface area contributed by atoms with Crippen LogP contribution in [-0.4, -0.2) is 67.3 Å². The van der Waals surface area contributed by atoms with Crippen LogP contribution >= 0.6 is 11.3 Å². The normalized spacial score (nSPS) is 15.0. The summed E-state index contributed by atoms with van der Waals surface area (Å²) >= 11 is 1.02. The van der Waals surface area contributed by atoms with Crippen LogP contribution in [0.3, 0.4) is 0 Å². The van der Waals surface area contributed by atoms with Crippen LogP contribution in [0.15, 0.2) is 36.7 Å². The van der Waals surface area contributed by atoms with Crippen LogP contribution in [0.25, 0.3) is 10.2 Å². The second-order valence-electron chi connectivity index (χ2n) is 8.87. The number of rotatable bonds is 8. The van der Waals surface area contributed by atoms with Gasteiger partial charge in [0.25, 0.3) is 0 Å². The highest BCUT2D eigenvalue weighted by atomic mass is 32.2. The molecule has 0 bridgehead atoms. The second-order valence-corrected chi connectivity index (χ2v) is 12.2. The lowest BCUT2D eigenvalue weighted by Gasteiger charge is -2.35. The van der Waals surface area contributed by atoms with Crippen molar-refractivity contribution >= 4 is 43.1 Å². The molecule has 4 rings (SSSR count). The van der Waals surface area contributed by atoms with Crippen molar-refractivity contribution in [3.63, 3.8) is 0 Å². The number of anilines is 1. The van der Waals surface area contributed by atoms with Gasteiger partial charge in [-0.15, -0.1) is 11.3 Å². The predicted octanol–water partition coefficient (Wildman–Crippen LogP) is 4.01. The van der Waals surface area contributed by atoms with Crippen LogP contribution < -0.4 is 4.90 Å². The summed E-state index contributed by atoms with van der Waals surface area (Å²) in [6, 6.07) is 8.59. The van der Waals surface area contributed by atoms with E-state index in [1.165, 1.54) is 12.4 Å². The Morgan fingerprint density at radius 2 is 1.72 bits per heavy atom. The molecule has 0 N–H and O–H groups in total. The Morgan fingerprint density at radius 3 is 2.36 bits per heavy atom. The van der Waals surface area contributed by atoms with E-state index >= 15 is 0 Å². The maximum absolute atomic E-state index is 12.8. The van der Waals surface area contributed by atoms with Crippen LogP contribution in [0, 0.1) is 0 Å². The van der Waals surface area contributed by atoms with E-state index in [9.17, 15) is 26.4 Å². The quantitative estimate of drug-likeness (QED) is 0.429. The zero-order valence-electron chi connectivity index (χ0n) is 19.8. The van der Waals surface area contributed by atoms with Gasteiger partial charge in [-0.2, -0.15) is 13.2 Å². The number of hydrogen-bond donors (Lipinski definition) is 0. The molecule has 2 aromatic heterocycles. The van der Waals surface area contributed by atoms with Crippen molar-refractivity contribution in [2.75, 3.05) is 36.8 Å². The van der Waals surface area contributed by atoms with E-state index in [-0.39, 0.29) is 28.7 Å². The van der Waals surface area contributed by atoms with Crippen molar-refractivity contribution in [1.29, 1.82) is 0 Å². The highest BCUT2D eigenvalue weighted by molar-refractivity contribution is 7.90. The number of halogens is 3. The van der Waals surface area contributed by atoms with Gasteiger partial charge in [0.05, 0.1) is 29.7 Å². The maximum Gasteiger partial charge on any atom is 0.393 e. The lowest BCUT2D eigenvalue weighted by molar-refractivity contribution is -0.130. The monoisotopic (exact) mass is 540 g/mol. The molecule has 1 aromatic carbocycles. The Morgan fingerprint density at radius 1 is 1.06 bits per heavy atom. The fraction of sp³-hybridized carbons (Fsp3) is 0.458. The number of fused-ring (bicyclic) bond motifs is 1. The lowest BCUT2D eigenvalue weighted by Crippen LogP contribution is -2.49. The van der Waals surface area contributed by atoms with Crippen LogP contribution in [-0.2, 0) is 33.2 Å². The van der Waals surface area contributed by atoms with Gasteiger partial charge in [-0.25, -0.2) is 18.4 Å². The standard InChI is InChI=1S/C24H27F3N4O3S2/c1-2-11-36(33,34)15-18-5-3-17(4-6-18)12-21(32)30-7-9-31(10-8-30)22-20-13-19(14-24(25,26)27)35-23(20)29-16-28-22/h3-6,13,16H,2,7-12,14-15H2,1H3. The Hall–Kier alpha value is -2.73. The number of thiophene rings is 1.